The highest BCUT2D eigenvalue weighted by atomic mass is 35.5. The van der Waals surface area contributed by atoms with Crippen LogP contribution in [0.4, 0.5) is 11.4 Å². The van der Waals surface area contributed by atoms with Crippen molar-refractivity contribution in [1.82, 2.24) is 9.97 Å². The molecule has 3 heterocycles. The summed E-state index contributed by atoms with van der Waals surface area (Å²) in [5, 5.41) is 3.59. The Morgan fingerprint density at radius 1 is 1.09 bits per heavy atom. The summed E-state index contributed by atoms with van der Waals surface area (Å²) in [5.74, 6) is -1.39. The lowest BCUT2D eigenvalue weighted by Crippen LogP contribution is -2.47. The lowest BCUT2D eigenvalue weighted by atomic mass is 9.81. The van der Waals surface area contributed by atoms with E-state index in [2.05, 4.69) is 15.3 Å². The van der Waals surface area contributed by atoms with E-state index >= 15 is 0 Å². The Morgan fingerprint density at radius 3 is 2.51 bits per heavy atom. The van der Waals surface area contributed by atoms with E-state index in [4.69, 9.17) is 32.7 Å². The summed E-state index contributed by atoms with van der Waals surface area (Å²) in [6.07, 6.45) is 3.06. The standard InChI is InChI=1S/C25H24Cl2N4O4/c1-25(2)22(23(32)24(33)30-15-7-8-28-21(9-15)35-4)17-10-20(34-3)18(27)11-19(17)31(25)13-16-6-5-14(26)12-29-16/h5-12,22H,13H2,1-4H3,(H,28,30,33). The monoisotopic (exact) mass is 514 g/mol. The van der Waals surface area contributed by atoms with Crippen molar-refractivity contribution in [1.29, 1.82) is 0 Å². The van der Waals surface area contributed by atoms with Crippen LogP contribution in [-0.2, 0) is 16.1 Å². The Bertz CT molecular complexity index is 1280. The summed E-state index contributed by atoms with van der Waals surface area (Å²) >= 11 is 12.4. The molecule has 1 N–H and O–H groups in total. The van der Waals surface area contributed by atoms with Crippen LogP contribution in [0.2, 0.25) is 10.0 Å². The summed E-state index contributed by atoms with van der Waals surface area (Å²) in [6, 6.07) is 10.2. The minimum absolute atomic E-state index is 0.322. The number of amides is 1. The van der Waals surface area contributed by atoms with Crippen LogP contribution in [0.5, 0.6) is 11.6 Å². The summed E-state index contributed by atoms with van der Waals surface area (Å²) in [7, 11) is 2.98. The molecule has 1 aliphatic rings. The number of ether oxygens (including phenoxy) is 2. The summed E-state index contributed by atoms with van der Waals surface area (Å²) in [6.45, 7) is 4.20. The molecule has 4 rings (SSSR count). The van der Waals surface area contributed by atoms with Crippen LogP contribution in [0, 0.1) is 0 Å². The van der Waals surface area contributed by atoms with Gasteiger partial charge in [0.05, 0.1) is 42.4 Å². The molecule has 10 heteroatoms. The van der Waals surface area contributed by atoms with Gasteiger partial charge in [-0.2, -0.15) is 0 Å². The number of methoxy groups -OCH3 is 2. The molecule has 1 aromatic carbocycles. The van der Waals surface area contributed by atoms with Crippen LogP contribution in [0.15, 0.2) is 48.8 Å². The van der Waals surface area contributed by atoms with E-state index in [-0.39, 0.29) is 0 Å². The van der Waals surface area contributed by atoms with E-state index < -0.39 is 23.1 Å². The molecule has 1 aliphatic heterocycles. The highest BCUT2D eigenvalue weighted by Gasteiger charge is 2.50. The Labute approximate surface area is 213 Å². The minimum atomic E-state index is -0.792. The van der Waals surface area contributed by atoms with Gasteiger partial charge in [-0.25, -0.2) is 4.98 Å². The number of Topliss-reactive ketones (excluding diaryl/α,β-unsaturated/α-hetero) is 1. The van der Waals surface area contributed by atoms with E-state index in [1.165, 1.54) is 20.4 Å². The molecule has 3 aromatic rings. The zero-order chi connectivity index (χ0) is 25.3. The highest BCUT2D eigenvalue weighted by Crippen LogP contribution is 2.51. The third kappa shape index (κ3) is 4.76. The number of pyridine rings is 2. The van der Waals surface area contributed by atoms with Crippen LogP contribution in [0.3, 0.4) is 0 Å². The smallest absolute Gasteiger partial charge is 0.292 e. The van der Waals surface area contributed by atoms with Gasteiger partial charge in [-0.1, -0.05) is 23.2 Å². The number of benzene rings is 1. The first-order chi connectivity index (χ1) is 16.6. The number of nitrogens with zero attached hydrogens (tertiary/aromatic N) is 3. The average molecular weight is 515 g/mol. The zero-order valence-corrected chi connectivity index (χ0v) is 21.1. The van der Waals surface area contributed by atoms with E-state index in [1.54, 1.807) is 36.5 Å². The number of carbonyl (C=O) groups is 2. The minimum Gasteiger partial charge on any atom is -0.495 e. The molecular formula is C25H24Cl2N4O4. The Kier molecular flexibility index (Phi) is 6.87. The van der Waals surface area contributed by atoms with Crippen LogP contribution in [0.25, 0.3) is 0 Å². The van der Waals surface area contributed by atoms with Crippen molar-refractivity contribution in [2.45, 2.75) is 31.8 Å². The van der Waals surface area contributed by atoms with E-state index in [9.17, 15) is 9.59 Å². The summed E-state index contributed by atoms with van der Waals surface area (Å²) < 4.78 is 10.5. The molecule has 8 nitrogen and oxygen atoms in total. The van der Waals surface area contributed by atoms with Crippen molar-refractivity contribution in [3.63, 3.8) is 0 Å². The van der Waals surface area contributed by atoms with Crippen molar-refractivity contribution in [3.05, 3.63) is 70.1 Å². The predicted octanol–water partition coefficient (Wildman–Crippen LogP) is 4.89. The van der Waals surface area contributed by atoms with Crippen molar-refractivity contribution in [2.75, 3.05) is 24.4 Å². The second kappa shape index (κ2) is 9.71. The molecule has 1 amide bonds. The number of fused-ring (bicyclic) bond motifs is 1. The van der Waals surface area contributed by atoms with Crippen molar-refractivity contribution < 1.29 is 19.1 Å². The molecule has 0 fully saturated rings. The Balaban J connectivity index is 1.72. The molecule has 1 unspecified atom stereocenters. The van der Waals surface area contributed by atoms with Crippen molar-refractivity contribution in [2.24, 2.45) is 0 Å². The van der Waals surface area contributed by atoms with E-state index in [0.29, 0.717) is 39.5 Å². The topological polar surface area (TPSA) is 93.6 Å². The number of rotatable bonds is 7. The SMILES string of the molecule is COc1cc(NC(=O)C(=O)C2c3cc(OC)c(Cl)cc3N(Cc3ccc(Cl)cn3)C2(C)C)ccn1. The van der Waals surface area contributed by atoms with Crippen LogP contribution < -0.4 is 19.7 Å². The molecule has 0 aliphatic carbocycles. The molecule has 2 aromatic heterocycles. The van der Waals surface area contributed by atoms with Gasteiger partial charge in [0.15, 0.2) is 0 Å². The predicted molar refractivity (Wildman–Crippen MR) is 135 cm³/mol. The first-order valence-electron chi connectivity index (χ1n) is 10.8. The van der Waals surface area contributed by atoms with Gasteiger partial charge >= 0.3 is 0 Å². The van der Waals surface area contributed by atoms with Gasteiger partial charge in [-0.05, 0) is 49.7 Å². The van der Waals surface area contributed by atoms with Gasteiger partial charge < -0.3 is 19.7 Å². The Morgan fingerprint density at radius 2 is 1.86 bits per heavy atom. The number of halogens is 2. The molecular weight excluding hydrogens is 491 g/mol. The highest BCUT2D eigenvalue weighted by molar-refractivity contribution is 6.43. The van der Waals surface area contributed by atoms with E-state index in [0.717, 1.165) is 11.4 Å². The molecule has 0 spiro atoms. The maximum absolute atomic E-state index is 13.6. The molecule has 0 saturated heterocycles. The first kappa shape index (κ1) is 24.8. The number of anilines is 2. The molecule has 1 atom stereocenters. The second-order valence-electron chi connectivity index (χ2n) is 8.59. The molecule has 0 saturated carbocycles. The number of carbonyl (C=O) groups excluding carboxylic acids is 2. The summed E-state index contributed by atoms with van der Waals surface area (Å²) in [5.41, 5.74) is 1.75. The lowest BCUT2D eigenvalue weighted by Gasteiger charge is -2.37. The van der Waals surface area contributed by atoms with Gasteiger partial charge in [0, 0.05) is 35.4 Å². The van der Waals surface area contributed by atoms with Crippen LogP contribution in [0.1, 0.15) is 31.0 Å². The largest absolute Gasteiger partial charge is 0.495 e. The van der Waals surface area contributed by atoms with Gasteiger partial charge in [0.2, 0.25) is 11.7 Å². The van der Waals surface area contributed by atoms with Crippen LogP contribution >= 0.6 is 23.2 Å². The maximum Gasteiger partial charge on any atom is 0.292 e. The van der Waals surface area contributed by atoms with Gasteiger partial charge in [-0.3, -0.25) is 14.6 Å². The molecule has 182 valence electrons. The molecule has 35 heavy (non-hydrogen) atoms. The lowest BCUT2D eigenvalue weighted by molar-refractivity contribution is -0.136. The second-order valence-corrected chi connectivity index (χ2v) is 9.44. The van der Waals surface area contributed by atoms with Gasteiger partial charge in [-0.15, -0.1) is 0 Å². The summed E-state index contributed by atoms with van der Waals surface area (Å²) in [4.78, 5) is 37.2. The fourth-order valence-electron chi connectivity index (χ4n) is 4.36. The van der Waals surface area contributed by atoms with Gasteiger partial charge in [0.1, 0.15) is 5.75 Å². The van der Waals surface area contributed by atoms with Crippen molar-refractivity contribution >= 4 is 46.3 Å². The fraction of sp³-hybridized carbons (Fsp3) is 0.280. The maximum atomic E-state index is 13.6. The first-order valence-corrected chi connectivity index (χ1v) is 11.5. The number of hydrogen-bond acceptors (Lipinski definition) is 7. The molecule has 0 radical (unpaired) electrons. The van der Waals surface area contributed by atoms with E-state index in [1.807, 2.05) is 24.8 Å². The third-order valence-corrected chi connectivity index (χ3v) is 6.62. The third-order valence-electron chi connectivity index (χ3n) is 6.10. The van der Waals surface area contributed by atoms with Crippen LogP contribution in [-0.4, -0.2) is 41.4 Å². The number of ketones is 1. The number of hydrogen-bond donors (Lipinski definition) is 1. The Hall–Kier alpha value is -3.36. The van der Waals surface area contributed by atoms with Crippen molar-refractivity contribution in [3.8, 4) is 11.6 Å². The zero-order valence-electron chi connectivity index (χ0n) is 19.6. The van der Waals surface area contributed by atoms with Gasteiger partial charge in [0.25, 0.3) is 5.91 Å². The quantitative estimate of drug-likeness (QED) is 0.448. The average Bonchev–Trinajstić information content (AvgIpc) is 3.04. The molecule has 0 bridgehead atoms. The fourth-order valence-corrected chi connectivity index (χ4v) is 4.71. The number of nitrogens with one attached hydrogen (secondary N) is 1. The normalized spacial score (nSPS) is 15.9. The number of aromatic nitrogens is 2.